The average molecular weight is 464 g/mol. The summed E-state index contributed by atoms with van der Waals surface area (Å²) in [6.07, 6.45) is 7.66. The maximum absolute atomic E-state index is 13.2. The monoisotopic (exact) mass is 463 g/mol. The number of esters is 1. The molecule has 2 aliphatic carbocycles. The van der Waals surface area contributed by atoms with Crippen LogP contribution in [0.15, 0.2) is 48.5 Å². The third kappa shape index (κ3) is 5.41. The molecule has 0 aromatic heterocycles. The maximum Gasteiger partial charge on any atom is 0.331 e. The maximum atomic E-state index is 13.2. The molecule has 2 aromatic carbocycles. The van der Waals surface area contributed by atoms with Crippen molar-refractivity contribution in [1.29, 1.82) is 0 Å². The Kier molecular flexibility index (Phi) is 7.50. The van der Waals surface area contributed by atoms with Gasteiger partial charge in [-0.1, -0.05) is 37.5 Å². The van der Waals surface area contributed by atoms with E-state index in [1.54, 1.807) is 25.1 Å². The standard InChI is InChI=1S/C27H33N3O4/c1-2-34-26(33)27(16-9-17-27)30-24(31)19-14-15-23(28-20-10-5-3-6-11-20)22(18-19)25(32)29-21-12-7-4-8-13-21/h4,7-8,12-15,18,20,28H,2-3,5-6,9-11,16-17H2,1H3,(H,29,32)(H,30,31). The first-order valence-corrected chi connectivity index (χ1v) is 12.3. The number of ether oxygens (including phenoxy) is 1. The first kappa shape index (κ1) is 23.8. The summed E-state index contributed by atoms with van der Waals surface area (Å²) in [5.74, 6) is -1.07. The molecule has 0 atom stereocenters. The smallest absolute Gasteiger partial charge is 0.331 e. The number of carbonyl (C=O) groups excluding carboxylic acids is 3. The molecule has 2 saturated carbocycles. The van der Waals surface area contributed by atoms with Crippen LogP contribution >= 0.6 is 0 Å². The minimum atomic E-state index is -0.974. The largest absolute Gasteiger partial charge is 0.464 e. The molecule has 34 heavy (non-hydrogen) atoms. The molecule has 7 nitrogen and oxygen atoms in total. The highest BCUT2D eigenvalue weighted by Gasteiger charge is 2.47. The van der Waals surface area contributed by atoms with E-state index in [-0.39, 0.29) is 18.4 Å². The van der Waals surface area contributed by atoms with Crippen molar-refractivity contribution >= 4 is 29.2 Å². The Morgan fingerprint density at radius 1 is 0.941 bits per heavy atom. The number of hydrogen-bond acceptors (Lipinski definition) is 5. The minimum absolute atomic E-state index is 0.266. The Labute approximate surface area is 200 Å². The number of carbonyl (C=O) groups is 3. The molecule has 2 aliphatic rings. The van der Waals surface area contributed by atoms with Gasteiger partial charge in [-0.2, -0.15) is 0 Å². The van der Waals surface area contributed by atoms with Gasteiger partial charge in [0.25, 0.3) is 11.8 Å². The number of benzene rings is 2. The normalized spacial score (nSPS) is 17.2. The molecule has 0 spiro atoms. The second-order valence-corrected chi connectivity index (χ2v) is 9.17. The number of anilines is 2. The van der Waals surface area contributed by atoms with Crippen molar-refractivity contribution in [2.24, 2.45) is 0 Å². The fraction of sp³-hybridized carbons (Fsp3) is 0.444. The molecule has 0 saturated heterocycles. The van der Waals surface area contributed by atoms with Crippen LogP contribution in [0.1, 0.15) is 79.0 Å². The Balaban J connectivity index is 1.58. The van der Waals surface area contributed by atoms with Gasteiger partial charge in [0.2, 0.25) is 0 Å². The SMILES string of the molecule is CCOC(=O)C1(NC(=O)c2ccc(NC3CCCCC3)c(C(=O)Nc3ccccc3)c2)CCC1. The van der Waals surface area contributed by atoms with E-state index < -0.39 is 11.5 Å². The van der Waals surface area contributed by atoms with Gasteiger partial charge in [0.15, 0.2) is 0 Å². The van der Waals surface area contributed by atoms with Crippen molar-refractivity contribution in [2.45, 2.75) is 69.9 Å². The van der Waals surface area contributed by atoms with Crippen LogP contribution in [0.25, 0.3) is 0 Å². The van der Waals surface area contributed by atoms with E-state index in [0.29, 0.717) is 41.4 Å². The highest BCUT2D eigenvalue weighted by Crippen LogP contribution is 2.34. The van der Waals surface area contributed by atoms with E-state index in [0.717, 1.165) is 19.3 Å². The van der Waals surface area contributed by atoms with Crippen LogP contribution in [0.5, 0.6) is 0 Å². The summed E-state index contributed by atoms with van der Waals surface area (Å²) in [6, 6.07) is 14.7. The molecule has 7 heteroatoms. The highest BCUT2D eigenvalue weighted by atomic mass is 16.5. The van der Waals surface area contributed by atoms with Crippen molar-refractivity contribution in [3.8, 4) is 0 Å². The van der Waals surface area contributed by atoms with Crippen molar-refractivity contribution < 1.29 is 19.1 Å². The van der Waals surface area contributed by atoms with Gasteiger partial charge in [-0.3, -0.25) is 9.59 Å². The van der Waals surface area contributed by atoms with Crippen molar-refractivity contribution in [2.75, 3.05) is 17.2 Å². The molecule has 2 amide bonds. The Bertz CT molecular complexity index is 1030. The Morgan fingerprint density at radius 2 is 1.68 bits per heavy atom. The van der Waals surface area contributed by atoms with E-state index in [1.165, 1.54) is 19.3 Å². The fourth-order valence-electron chi connectivity index (χ4n) is 4.66. The predicted octanol–water partition coefficient (Wildman–Crippen LogP) is 4.90. The van der Waals surface area contributed by atoms with Crippen LogP contribution in [0.2, 0.25) is 0 Å². The lowest BCUT2D eigenvalue weighted by atomic mass is 9.76. The van der Waals surface area contributed by atoms with E-state index in [4.69, 9.17) is 4.74 Å². The zero-order valence-electron chi connectivity index (χ0n) is 19.7. The van der Waals surface area contributed by atoms with E-state index >= 15 is 0 Å². The summed E-state index contributed by atoms with van der Waals surface area (Å²) in [6.45, 7) is 2.02. The molecule has 180 valence electrons. The topological polar surface area (TPSA) is 96.5 Å². The zero-order chi connectivity index (χ0) is 24.0. The van der Waals surface area contributed by atoms with Crippen LogP contribution in [0.4, 0.5) is 11.4 Å². The molecule has 2 fully saturated rings. The number of para-hydroxylation sites is 1. The lowest BCUT2D eigenvalue weighted by Gasteiger charge is -2.39. The van der Waals surface area contributed by atoms with Gasteiger partial charge in [-0.05, 0) is 69.4 Å². The van der Waals surface area contributed by atoms with Crippen LogP contribution in [-0.2, 0) is 9.53 Å². The first-order chi connectivity index (χ1) is 16.5. The molecule has 0 aliphatic heterocycles. The van der Waals surface area contributed by atoms with Crippen LogP contribution in [-0.4, -0.2) is 36.0 Å². The van der Waals surface area contributed by atoms with Gasteiger partial charge >= 0.3 is 5.97 Å². The predicted molar refractivity (Wildman–Crippen MR) is 132 cm³/mol. The van der Waals surface area contributed by atoms with Gasteiger partial charge in [0.05, 0.1) is 12.2 Å². The van der Waals surface area contributed by atoms with Gasteiger partial charge < -0.3 is 20.7 Å². The number of nitrogens with one attached hydrogen (secondary N) is 3. The third-order valence-electron chi connectivity index (χ3n) is 6.75. The summed E-state index contributed by atoms with van der Waals surface area (Å²) in [4.78, 5) is 38.8. The lowest BCUT2D eigenvalue weighted by Crippen LogP contribution is -2.59. The van der Waals surface area contributed by atoms with Crippen LogP contribution in [0.3, 0.4) is 0 Å². The van der Waals surface area contributed by atoms with E-state index in [1.807, 2.05) is 30.3 Å². The fourth-order valence-corrected chi connectivity index (χ4v) is 4.66. The Hall–Kier alpha value is -3.35. The summed E-state index contributed by atoms with van der Waals surface area (Å²) in [7, 11) is 0. The molecular formula is C27H33N3O4. The average Bonchev–Trinajstić information content (AvgIpc) is 2.83. The molecule has 2 aromatic rings. The van der Waals surface area contributed by atoms with Gasteiger partial charge in [-0.25, -0.2) is 4.79 Å². The highest BCUT2D eigenvalue weighted by molar-refractivity contribution is 6.10. The molecule has 0 bridgehead atoms. The Morgan fingerprint density at radius 3 is 2.32 bits per heavy atom. The summed E-state index contributed by atoms with van der Waals surface area (Å²) in [5, 5.41) is 9.33. The molecule has 0 heterocycles. The molecule has 0 unspecified atom stereocenters. The van der Waals surface area contributed by atoms with E-state index in [2.05, 4.69) is 16.0 Å². The molecule has 0 radical (unpaired) electrons. The molecule has 4 rings (SSSR count). The molecule has 3 N–H and O–H groups in total. The number of hydrogen-bond donors (Lipinski definition) is 3. The lowest BCUT2D eigenvalue weighted by molar-refractivity contribution is -0.154. The van der Waals surface area contributed by atoms with Crippen molar-refractivity contribution in [3.63, 3.8) is 0 Å². The third-order valence-corrected chi connectivity index (χ3v) is 6.75. The summed E-state index contributed by atoms with van der Waals surface area (Å²) >= 11 is 0. The molecular weight excluding hydrogens is 430 g/mol. The van der Waals surface area contributed by atoms with Gasteiger partial charge in [-0.15, -0.1) is 0 Å². The van der Waals surface area contributed by atoms with Gasteiger partial charge in [0, 0.05) is 23.0 Å². The first-order valence-electron chi connectivity index (χ1n) is 12.3. The number of amides is 2. The zero-order valence-corrected chi connectivity index (χ0v) is 19.7. The summed E-state index contributed by atoms with van der Waals surface area (Å²) < 4.78 is 5.19. The quantitative estimate of drug-likeness (QED) is 0.484. The number of rotatable bonds is 8. The van der Waals surface area contributed by atoms with Crippen molar-refractivity contribution in [3.05, 3.63) is 59.7 Å². The second kappa shape index (κ2) is 10.7. The second-order valence-electron chi connectivity index (χ2n) is 9.17. The van der Waals surface area contributed by atoms with Crippen LogP contribution < -0.4 is 16.0 Å². The van der Waals surface area contributed by atoms with E-state index in [9.17, 15) is 14.4 Å². The van der Waals surface area contributed by atoms with Crippen molar-refractivity contribution in [1.82, 2.24) is 5.32 Å². The van der Waals surface area contributed by atoms with Crippen LogP contribution in [0, 0.1) is 0 Å². The van der Waals surface area contributed by atoms with Gasteiger partial charge in [0.1, 0.15) is 5.54 Å². The minimum Gasteiger partial charge on any atom is -0.464 e. The summed E-state index contributed by atoms with van der Waals surface area (Å²) in [5.41, 5.74) is 1.16.